The number of amides is 1. The second kappa shape index (κ2) is 12.2. The quantitative estimate of drug-likeness (QED) is 0.520. The summed E-state index contributed by atoms with van der Waals surface area (Å²) in [6.45, 7) is 5.89. The molecule has 0 saturated carbocycles. The van der Waals surface area contributed by atoms with Crippen LogP contribution in [0.2, 0.25) is 0 Å². The number of aryl methyl sites for hydroxylation is 1. The fraction of sp³-hybridized carbons (Fsp3) is 0.536. The standard InChI is InChI=1S/C28H38N2O3/c1-32-22-25-11-7-15-29(20-25)19-24-13-14-27-26(18-24)21-30(16-17-33-27)28(31)12-6-5-10-23-8-3-2-4-9-23/h2-4,8-9,13-14,18,25H,5-7,10-12,15-17,19-22H2,1H3. The Morgan fingerprint density at radius 1 is 1.09 bits per heavy atom. The van der Waals surface area contributed by atoms with E-state index in [0.717, 1.165) is 56.8 Å². The van der Waals surface area contributed by atoms with Crippen LogP contribution in [-0.4, -0.2) is 55.7 Å². The predicted octanol–water partition coefficient (Wildman–Crippen LogP) is 4.68. The first-order chi connectivity index (χ1) is 16.2. The van der Waals surface area contributed by atoms with E-state index in [2.05, 4.69) is 47.4 Å². The highest BCUT2D eigenvalue weighted by Gasteiger charge is 2.22. The minimum atomic E-state index is 0.239. The molecule has 1 atom stereocenters. The number of carbonyl (C=O) groups excluding carboxylic acids is 1. The molecule has 1 saturated heterocycles. The molecule has 0 radical (unpaired) electrons. The molecule has 0 spiro atoms. The normalized spacial score (nSPS) is 18.9. The van der Waals surface area contributed by atoms with Gasteiger partial charge in [0.15, 0.2) is 0 Å². The van der Waals surface area contributed by atoms with Crippen molar-refractivity contribution in [1.82, 2.24) is 9.80 Å². The lowest BCUT2D eigenvalue weighted by atomic mass is 9.98. The third-order valence-corrected chi connectivity index (χ3v) is 6.82. The minimum absolute atomic E-state index is 0.239. The molecule has 1 fully saturated rings. The number of likely N-dealkylation sites (tertiary alicyclic amines) is 1. The predicted molar refractivity (Wildman–Crippen MR) is 131 cm³/mol. The average Bonchev–Trinajstić information content (AvgIpc) is 3.05. The molecule has 178 valence electrons. The third kappa shape index (κ3) is 7.05. The van der Waals surface area contributed by atoms with Gasteiger partial charge >= 0.3 is 0 Å². The van der Waals surface area contributed by atoms with Crippen LogP contribution in [0.25, 0.3) is 0 Å². The van der Waals surface area contributed by atoms with Crippen LogP contribution >= 0.6 is 0 Å². The molecule has 2 aliphatic heterocycles. The molecule has 4 rings (SSSR count). The Hall–Kier alpha value is -2.37. The third-order valence-electron chi connectivity index (χ3n) is 6.82. The number of methoxy groups -OCH3 is 1. The lowest BCUT2D eigenvalue weighted by molar-refractivity contribution is -0.132. The molecule has 2 aromatic rings. The lowest BCUT2D eigenvalue weighted by Crippen LogP contribution is -2.36. The van der Waals surface area contributed by atoms with Gasteiger partial charge in [-0.25, -0.2) is 0 Å². The molecular formula is C28H38N2O3. The summed E-state index contributed by atoms with van der Waals surface area (Å²) in [5.41, 5.74) is 3.78. The van der Waals surface area contributed by atoms with Crippen molar-refractivity contribution in [3.05, 3.63) is 65.2 Å². The van der Waals surface area contributed by atoms with Crippen molar-refractivity contribution in [2.75, 3.05) is 40.0 Å². The Balaban J connectivity index is 1.30. The van der Waals surface area contributed by atoms with Crippen molar-refractivity contribution in [3.8, 4) is 5.75 Å². The maximum absolute atomic E-state index is 12.9. The molecule has 0 aromatic heterocycles. The summed E-state index contributed by atoms with van der Waals surface area (Å²) in [7, 11) is 1.79. The first-order valence-electron chi connectivity index (χ1n) is 12.5. The molecule has 0 N–H and O–H groups in total. The highest BCUT2D eigenvalue weighted by atomic mass is 16.5. The largest absolute Gasteiger partial charge is 0.491 e. The minimum Gasteiger partial charge on any atom is -0.491 e. The van der Waals surface area contributed by atoms with E-state index >= 15 is 0 Å². The maximum Gasteiger partial charge on any atom is 0.222 e. The van der Waals surface area contributed by atoms with Crippen molar-refractivity contribution < 1.29 is 14.3 Å². The highest BCUT2D eigenvalue weighted by molar-refractivity contribution is 5.76. The monoisotopic (exact) mass is 450 g/mol. The van der Waals surface area contributed by atoms with Crippen LogP contribution in [0, 0.1) is 5.92 Å². The van der Waals surface area contributed by atoms with Gasteiger partial charge < -0.3 is 14.4 Å². The molecule has 33 heavy (non-hydrogen) atoms. The molecule has 5 nitrogen and oxygen atoms in total. The van der Waals surface area contributed by atoms with E-state index in [1.807, 2.05) is 11.0 Å². The van der Waals surface area contributed by atoms with Crippen LogP contribution in [0.15, 0.2) is 48.5 Å². The van der Waals surface area contributed by atoms with Gasteiger partial charge in [-0.3, -0.25) is 9.69 Å². The van der Waals surface area contributed by atoms with Gasteiger partial charge in [0, 0.05) is 38.7 Å². The van der Waals surface area contributed by atoms with Crippen LogP contribution < -0.4 is 4.74 Å². The summed E-state index contributed by atoms with van der Waals surface area (Å²) < 4.78 is 11.4. The molecule has 2 heterocycles. The molecule has 5 heteroatoms. The number of unbranched alkanes of at least 4 members (excludes halogenated alkanes) is 1. The Labute approximate surface area is 198 Å². The number of hydrogen-bond donors (Lipinski definition) is 0. The van der Waals surface area contributed by atoms with Gasteiger partial charge in [-0.1, -0.05) is 36.4 Å². The number of piperidine rings is 1. The van der Waals surface area contributed by atoms with Crippen molar-refractivity contribution in [2.24, 2.45) is 5.92 Å². The number of rotatable bonds is 9. The van der Waals surface area contributed by atoms with Gasteiger partial charge in [-0.05, 0) is 67.8 Å². The molecule has 0 aliphatic carbocycles. The van der Waals surface area contributed by atoms with E-state index in [-0.39, 0.29) is 5.91 Å². The molecule has 0 bridgehead atoms. The van der Waals surface area contributed by atoms with Crippen molar-refractivity contribution in [1.29, 1.82) is 0 Å². The summed E-state index contributed by atoms with van der Waals surface area (Å²) in [6.07, 6.45) is 6.09. The van der Waals surface area contributed by atoms with E-state index < -0.39 is 0 Å². The summed E-state index contributed by atoms with van der Waals surface area (Å²) in [6, 6.07) is 17.0. The summed E-state index contributed by atoms with van der Waals surface area (Å²) in [5.74, 6) is 1.79. The van der Waals surface area contributed by atoms with Gasteiger partial charge in [0.05, 0.1) is 13.2 Å². The second-order valence-corrected chi connectivity index (χ2v) is 9.50. The molecule has 2 aliphatic rings. The van der Waals surface area contributed by atoms with Crippen LogP contribution in [0.4, 0.5) is 0 Å². The zero-order valence-electron chi connectivity index (χ0n) is 20.0. The van der Waals surface area contributed by atoms with Crippen molar-refractivity contribution >= 4 is 5.91 Å². The summed E-state index contributed by atoms with van der Waals surface area (Å²) in [5, 5.41) is 0. The van der Waals surface area contributed by atoms with Crippen LogP contribution in [-0.2, 0) is 29.0 Å². The van der Waals surface area contributed by atoms with Gasteiger partial charge in [-0.15, -0.1) is 0 Å². The Bertz CT molecular complexity index is 884. The maximum atomic E-state index is 12.9. The molecule has 1 amide bonds. The topological polar surface area (TPSA) is 42.0 Å². The first kappa shape index (κ1) is 23.8. The summed E-state index contributed by atoms with van der Waals surface area (Å²) >= 11 is 0. The number of fused-ring (bicyclic) bond motifs is 1. The fourth-order valence-corrected chi connectivity index (χ4v) is 5.09. The summed E-state index contributed by atoms with van der Waals surface area (Å²) in [4.78, 5) is 17.4. The molecule has 1 unspecified atom stereocenters. The highest BCUT2D eigenvalue weighted by Crippen LogP contribution is 2.27. The number of benzene rings is 2. The van der Waals surface area contributed by atoms with E-state index in [4.69, 9.17) is 9.47 Å². The van der Waals surface area contributed by atoms with E-state index in [1.165, 1.54) is 24.0 Å². The van der Waals surface area contributed by atoms with E-state index in [1.54, 1.807) is 7.11 Å². The van der Waals surface area contributed by atoms with Crippen LogP contribution in [0.5, 0.6) is 5.75 Å². The number of hydrogen-bond acceptors (Lipinski definition) is 4. The van der Waals surface area contributed by atoms with Crippen LogP contribution in [0.1, 0.15) is 48.8 Å². The number of carbonyl (C=O) groups is 1. The number of nitrogens with zero attached hydrogens (tertiary/aromatic N) is 2. The van der Waals surface area contributed by atoms with Crippen molar-refractivity contribution in [2.45, 2.75) is 51.6 Å². The first-order valence-corrected chi connectivity index (χ1v) is 12.5. The zero-order valence-corrected chi connectivity index (χ0v) is 20.0. The number of ether oxygens (including phenoxy) is 2. The fourth-order valence-electron chi connectivity index (χ4n) is 5.09. The van der Waals surface area contributed by atoms with E-state index in [9.17, 15) is 4.79 Å². The smallest absolute Gasteiger partial charge is 0.222 e. The van der Waals surface area contributed by atoms with E-state index in [0.29, 0.717) is 32.0 Å². The van der Waals surface area contributed by atoms with Crippen molar-refractivity contribution in [3.63, 3.8) is 0 Å². The van der Waals surface area contributed by atoms with Gasteiger partial charge in [0.25, 0.3) is 0 Å². The van der Waals surface area contributed by atoms with Crippen LogP contribution in [0.3, 0.4) is 0 Å². The second-order valence-electron chi connectivity index (χ2n) is 9.50. The lowest BCUT2D eigenvalue weighted by Gasteiger charge is -2.32. The zero-order chi connectivity index (χ0) is 22.9. The molecular weight excluding hydrogens is 412 g/mol. The van der Waals surface area contributed by atoms with Gasteiger partial charge in [0.2, 0.25) is 5.91 Å². The Morgan fingerprint density at radius 3 is 2.82 bits per heavy atom. The SMILES string of the molecule is COCC1CCCN(Cc2ccc3c(c2)CN(C(=O)CCCCc2ccccc2)CCO3)C1. The Kier molecular flexibility index (Phi) is 8.79. The van der Waals surface area contributed by atoms with Gasteiger partial charge in [0.1, 0.15) is 12.4 Å². The molecule has 2 aromatic carbocycles. The Morgan fingerprint density at radius 2 is 1.97 bits per heavy atom. The average molecular weight is 451 g/mol. The van der Waals surface area contributed by atoms with Gasteiger partial charge in [-0.2, -0.15) is 0 Å².